The average molecular weight is 215 g/mol. The summed E-state index contributed by atoms with van der Waals surface area (Å²) < 4.78 is 19.8. The summed E-state index contributed by atoms with van der Waals surface area (Å²) in [4.78, 5) is 10.1. The maximum Gasteiger partial charge on any atom is 0.273 e. The lowest BCUT2D eigenvalue weighted by molar-refractivity contribution is -0.385. The summed E-state index contributed by atoms with van der Waals surface area (Å²) in [6.45, 7) is 3.11. The minimum atomic E-state index is -2.18. The molecular formula is C8H9NO4S. The molecule has 1 rings (SSSR count). The molecule has 0 bridgehead atoms. The zero-order valence-corrected chi connectivity index (χ0v) is 8.50. The lowest BCUT2D eigenvalue weighted by atomic mass is 10.1. The van der Waals surface area contributed by atoms with Crippen molar-refractivity contribution in [2.24, 2.45) is 0 Å². The normalized spacial score (nSPS) is 12.5. The van der Waals surface area contributed by atoms with Gasteiger partial charge in [-0.25, -0.2) is 4.21 Å². The fourth-order valence-corrected chi connectivity index (χ4v) is 1.99. The summed E-state index contributed by atoms with van der Waals surface area (Å²) in [6.07, 6.45) is 0. The van der Waals surface area contributed by atoms with E-state index in [2.05, 4.69) is 0 Å². The van der Waals surface area contributed by atoms with Crippen LogP contribution in [0.4, 0.5) is 5.69 Å². The summed E-state index contributed by atoms with van der Waals surface area (Å²) in [5, 5.41) is 10.5. The fraction of sp³-hybridized carbons (Fsp3) is 0.250. The molecule has 1 atom stereocenters. The van der Waals surface area contributed by atoms with E-state index in [1.807, 2.05) is 0 Å². The quantitative estimate of drug-likeness (QED) is 0.463. The SMILES string of the molecule is Cc1ccc([N+](=O)[O-])c(C)c1S(=O)O. The van der Waals surface area contributed by atoms with Crippen LogP contribution in [-0.2, 0) is 11.1 Å². The second-order valence-electron chi connectivity index (χ2n) is 2.86. The van der Waals surface area contributed by atoms with Gasteiger partial charge in [-0.1, -0.05) is 6.07 Å². The molecule has 6 heteroatoms. The van der Waals surface area contributed by atoms with Crippen LogP contribution < -0.4 is 0 Å². The van der Waals surface area contributed by atoms with Crippen LogP contribution in [0.5, 0.6) is 0 Å². The molecule has 76 valence electrons. The summed E-state index contributed by atoms with van der Waals surface area (Å²) in [5.74, 6) is 0. The first-order valence-electron chi connectivity index (χ1n) is 3.80. The molecule has 0 amide bonds. The van der Waals surface area contributed by atoms with Gasteiger partial charge in [0.15, 0.2) is 11.1 Å². The Balaban J connectivity index is 3.49. The van der Waals surface area contributed by atoms with Crippen LogP contribution in [0.1, 0.15) is 11.1 Å². The first-order chi connectivity index (χ1) is 6.45. The van der Waals surface area contributed by atoms with Crippen LogP contribution in [0, 0.1) is 24.0 Å². The predicted octanol–water partition coefficient (Wildman–Crippen LogP) is 1.79. The Hall–Kier alpha value is -1.27. The molecule has 5 nitrogen and oxygen atoms in total. The maximum absolute atomic E-state index is 10.9. The van der Waals surface area contributed by atoms with Gasteiger partial charge in [0.25, 0.3) is 5.69 Å². The van der Waals surface area contributed by atoms with Crippen molar-refractivity contribution in [1.82, 2.24) is 0 Å². The third kappa shape index (κ3) is 1.80. The molecule has 0 fully saturated rings. The zero-order valence-electron chi connectivity index (χ0n) is 7.68. The van der Waals surface area contributed by atoms with E-state index in [1.165, 1.54) is 19.1 Å². The number of nitrogens with zero attached hydrogens (tertiary/aromatic N) is 1. The molecule has 0 aliphatic heterocycles. The molecule has 1 N–H and O–H groups in total. The molecule has 1 unspecified atom stereocenters. The predicted molar refractivity (Wildman–Crippen MR) is 51.6 cm³/mol. The summed E-state index contributed by atoms with van der Waals surface area (Å²) in [7, 11) is 0. The summed E-state index contributed by atoms with van der Waals surface area (Å²) in [5.41, 5.74) is 0.692. The topological polar surface area (TPSA) is 80.4 Å². The molecule has 0 aliphatic carbocycles. The van der Waals surface area contributed by atoms with Crippen LogP contribution in [0.25, 0.3) is 0 Å². The van der Waals surface area contributed by atoms with Crippen molar-refractivity contribution in [2.75, 3.05) is 0 Å². The Morgan fingerprint density at radius 2 is 2.00 bits per heavy atom. The van der Waals surface area contributed by atoms with E-state index in [9.17, 15) is 14.3 Å². The second kappa shape index (κ2) is 3.85. The number of hydrogen-bond acceptors (Lipinski definition) is 3. The molecule has 0 radical (unpaired) electrons. The molecule has 1 aromatic rings. The molecule has 14 heavy (non-hydrogen) atoms. The van der Waals surface area contributed by atoms with Crippen molar-refractivity contribution < 1.29 is 13.7 Å². The standard InChI is InChI=1S/C8H9NO4S/c1-5-3-4-7(9(10)11)6(2)8(5)14(12)13/h3-4H,1-2H3,(H,12,13). The largest absolute Gasteiger partial charge is 0.302 e. The molecule has 1 aromatic carbocycles. The van der Waals surface area contributed by atoms with Crippen LogP contribution in [-0.4, -0.2) is 13.7 Å². The van der Waals surface area contributed by atoms with Crippen molar-refractivity contribution in [1.29, 1.82) is 0 Å². The van der Waals surface area contributed by atoms with Crippen molar-refractivity contribution in [3.05, 3.63) is 33.4 Å². The van der Waals surface area contributed by atoms with Crippen molar-refractivity contribution >= 4 is 16.8 Å². The first-order valence-corrected chi connectivity index (χ1v) is 4.91. The van der Waals surface area contributed by atoms with Gasteiger partial charge in [0.05, 0.1) is 9.82 Å². The van der Waals surface area contributed by atoms with Gasteiger partial charge in [0.2, 0.25) is 0 Å². The van der Waals surface area contributed by atoms with E-state index in [4.69, 9.17) is 4.55 Å². The van der Waals surface area contributed by atoms with Crippen LogP contribution in [0.2, 0.25) is 0 Å². The second-order valence-corrected chi connectivity index (χ2v) is 3.77. The summed E-state index contributed by atoms with van der Waals surface area (Å²) in [6, 6.07) is 2.80. The highest BCUT2D eigenvalue weighted by Gasteiger charge is 2.18. The van der Waals surface area contributed by atoms with Gasteiger partial charge >= 0.3 is 0 Å². The van der Waals surface area contributed by atoms with E-state index in [0.717, 1.165) is 0 Å². The Kier molecular flexibility index (Phi) is 2.97. The molecule has 0 aliphatic rings. The van der Waals surface area contributed by atoms with Crippen LogP contribution in [0.15, 0.2) is 17.0 Å². The Morgan fingerprint density at radius 1 is 1.43 bits per heavy atom. The van der Waals surface area contributed by atoms with Gasteiger partial charge in [0, 0.05) is 11.6 Å². The van der Waals surface area contributed by atoms with E-state index >= 15 is 0 Å². The highest BCUT2D eigenvalue weighted by molar-refractivity contribution is 7.79. The molecule has 0 aromatic heterocycles. The van der Waals surface area contributed by atoms with Gasteiger partial charge in [-0.15, -0.1) is 0 Å². The first kappa shape index (κ1) is 10.8. The highest BCUT2D eigenvalue weighted by Crippen LogP contribution is 2.26. The molecular weight excluding hydrogens is 206 g/mol. The third-order valence-corrected chi connectivity index (χ3v) is 2.92. The van der Waals surface area contributed by atoms with Gasteiger partial charge in [0.1, 0.15) is 0 Å². The van der Waals surface area contributed by atoms with Crippen LogP contribution in [0.3, 0.4) is 0 Å². The van der Waals surface area contributed by atoms with E-state index < -0.39 is 16.0 Å². The minimum Gasteiger partial charge on any atom is -0.302 e. The smallest absolute Gasteiger partial charge is 0.273 e. The lowest BCUT2D eigenvalue weighted by Crippen LogP contribution is -2.00. The summed E-state index contributed by atoms with van der Waals surface area (Å²) >= 11 is -2.18. The molecule has 0 saturated carbocycles. The average Bonchev–Trinajstić information content (AvgIpc) is 2.02. The number of rotatable bonds is 2. The molecule has 0 heterocycles. The zero-order chi connectivity index (χ0) is 10.9. The number of nitro groups is 1. The van der Waals surface area contributed by atoms with E-state index in [1.54, 1.807) is 6.92 Å². The number of hydrogen-bond donors (Lipinski definition) is 1. The highest BCUT2D eigenvalue weighted by atomic mass is 32.2. The van der Waals surface area contributed by atoms with Crippen molar-refractivity contribution in [3.8, 4) is 0 Å². The Labute approximate surface area is 83.2 Å². The fourth-order valence-electron chi connectivity index (χ4n) is 1.28. The molecule has 0 saturated heterocycles. The van der Waals surface area contributed by atoms with Gasteiger partial charge in [-0.05, 0) is 19.4 Å². The van der Waals surface area contributed by atoms with Crippen molar-refractivity contribution in [2.45, 2.75) is 18.7 Å². The van der Waals surface area contributed by atoms with E-state index in [0.29, 0.717) is 5.56 Å². The Morgan fingerprint density at radius 3 is 2.43 bits per heavy atom. The van der Waals surface area contributed by atoms with Gasteiger partial charge in [-0.3, -0.25) is 10.1 Å². The Bertz CT molecular complexity index is 416. The van der Waals surface area contributed by atoms with Gasteiger partial charge in [-0.2, -0.15) is 0 Å². The number of aryl methyl sites for hydroxylation is 1. The third-order valence-electron chi connectivity index (χ3n) is 1.95. The van der Waals surface area contributed by atoms with Crippen LogP contribution >= 0.6 is 0 Å². The monoisotopic (exact) mass is 215 g/mol. The maximum atomic E-state index is 10.9. The van der Waals surface area contributed by atoms with Gasteiger partial charge < -0.3 is 4.55 Å². The minimum absolute atomic E-state index is 0.124. The van der Waals surface area contributed by atoms with Crippen molar-refractivity contribution in [3.63, 3.8) is 0 Å². The molecule has 0 spiro atoms. The number of nitro benzene ring substituents is 1. The lowest BCUT2D eigenvalue weighted by Gasteiger charge is -2.05. The van der Waals surface area contributed by atoms with E-state index in [-0.39, 0.29) is 16.1 Å². The number of benzene rings is 1.